The zero-order chi connectivity index (χ0) is 17.6. The zero-order valence-electron chi connectivity index (χ0n) is 13.7. The summed E-state index contributed by atoms with van der Waals surface area (Å²) < 4.78 is 5.17. The van der Waals surface area contributed by atoms with Gasteiger partial charge in [0.15, 0.2) is 12.4 Å². The first kappa shape index (κ1) is 16.4. The molecule has 0 fully saturated rings. The van der Waals surface area contributed by atoms with Gasteiger partial charge in [-0.25, -0.2) is 4.79 Å². The fourth-order valence-corrected chi connectivity index (χ4v) is 2.29. The summed E-state index contributed by atoms with van der Waals surface area (Å²) >= 11 is 0. The quantitative estimate of drug-likeness (QED) is 0.591. The molecule has 128 valence electrons. The van der Waals surface area contributed by atoms with Crippen LogP contribution in [0.5, 0.6) is 0 Å². The van der Waals surface area contributed by atoms with Crippen molar-refractivity contribution in [2.45, 2.75) is 20.0 Å². The molecule has 0 aliphatic heterocycles. The Labute approximate surface area is 144 Å². The minimum atomic E-state index is -0.491. The number of para-hydroxylation sites is 1. The molecule has 0 amide bonds. The summed E-state index contributed by atoms with van der Waals surface area (Å²) in [5, 5.41) is 3.13. The lowest BCUT2D eigenvalue weighted by Crippen LogP contribution is -2.11. The second-order valence-corrected chi connectivity index (χ2v) is 5.23. The molecule has 0 radical (unpaired) electrons. The number of nitrogens with one attached hydrogen (secondary N) is 2. The molecule has 3 rings (SSSR count). The van der Waals surface area contributed by atoms with E-state index >= 15 is 0 Å². The fraction of sp³-hybridized carbons (Fsp3) is 0.176. The van der Waals surface area contributed by atoms with Crippen molar-refractivity contribution in [1.29, 1.82) is 0 Å². The van der Waals surface area contributed by atoms with Gasteiger partial charge in [0, 0.05) is 11.9 Å². The standard InChI is InChI=1S/C17H18N6O2/c1-2-11-6-3-4-7-12(11)20-17-22-14(21-16(18)23-17)10-25-15(24)13-8-5-9-19-13/h3-9,19H,2,10H2,1H3,(H3,18,20,21,22,23). The molecule has 8 heteroatoms. The number of ether oxygens (including phenoxy) is 1. The number of H-pyrrole nitrogens is 1. The van der Waals surface area contributed by atoms with E-state index in [4.69, 9.17) is 10.5 Å². The topological polar surface area (TPSA) is 119 Å². The number of hydrogen-bond donors (Lipinski definition) is 3. The van der Waals surface area contributed by atoms with Gasteiger partial charge in [0.05, 0.1) is 0 Å². The number of aromatic amines is 1. The Morgan fingerprint density at radius 3 is 2.80 bits per heavy atom. The van der Waals surface area contributed by atoms with Crippen molar-refractivity contribution in [2.24, 2.45) is 0 Å². The van der Waals surface area contributed by atoms with Crippen LogP contribution in [-0.4, -0.2) is 25.9 Å². The molecule has 0 saturated heterocycles. The van der Waals surface area contributed by atoms with Crippen LogP contribution in [-0.2, 0) is 17.8 Å². The maximum absolute atomic E-state index is 11.9. The van der Waals surface area contributed by atoms with Crippen molar-refractivity contribution >= 4 is 23.6 Å². The van der Waals surface area contributed by atoms with Crippen molar-refractivity contribution in [1.82, 2.24) is 19.9 Å². The molecular formula is C17H18N6O2. The third kappa shape index (κ3) is 4.11. The van der Waals surface area contributed by atoms with Gasteiger partial charge in [-0.2, -0.15) is 15.0 Å². The van der Waals surface area contributed by atoms with Gasteiger partial charge in [-0.1, -0.05) is 25.1 Å². The lowest BCUT2D eigenvalue weighted by molar-refractivity contribution is 0.0456. The van der Waals surface area contributed by atoms with Gasteiger partial charge in [-0.05, 0) is 30.2 Å². The van der Waals surface area contributed by atoms with Gasteiger partial charge in [0.25, 0.3) is 0 Å². The molecule has 0 unspecified atom stereocenters. The maximum atomic E-state index is 11.9. The van der Waals surface area contributed by atoms with Crippen molar-refractivity contribution in [2.75, 3.05) is 11.1 Å². The molecule has 4 N–H and O–H groups in total. The molecule has 0 spiro atoms. The van der Waals surface area contributed by atoms with Crippen LogP contribution >= 0.6 is 0 Å². The normalized spacial score (nSPS) is 10.4. The number of esters is 1. The molecule has 0 aliphatic rings. The first-order chi connectivity index (χ1) is 12.2. The summed E-state index contributed by atoms with van der Waals surface area (Å²) in [4.78, 5) is 27.0. The minimum absolute atomic E-state index is 0.0532. The summed E-state index contributed by atoms with van der Waals surface area (Å²) in [7, 11) is 0. The molecule has 0 aliphatic carbocycles. The van der Waals surface area contributed by atoms with Gasteiger partial charge >= 0.3 is 5.97 Å². The number of anilines is 3. The van der Waals surface area contributed by atoms with Gasteiger partial charge in [-0.3, -0.25) is 0 Å². The monoisotopic (exact) mass is 338 g/mol. The van der Waals surface area contributed by atoms with E-state index in [1.165, 1.54) is 0 Å². The predicted molar refractivity (Wildman–Crippen MR) is 93.3 cm³/mol. The lowest BCUT2D eigenvalue weighted by atomic mass is 10.1. The predicted octanol–water partition coefficient (Wildman–Crippen LogP) is 2.44. The lowest BCUT2D eigenvalue weighted by Gasteiger charge is -2.10. The van der Waals surface area contributed by atoms with Gasteiger partial charge in [0.2, 0.25) is 11.9 Å². The van der Waals surface area contributed by atoms with Crippen LogP contribution < -0.4 is 11.1 Å². The average Bonchev–Trinajstić information content (AvgIpc) is 3.14. The Balaban J connectivity index is 1.73. The molecule has 1 aromatic carbocycles. The van der Waals surface area contributed by atoms with Gasteiger partial charge in [-0.15, -0.1) is 0 Å². The van der Waals surface area contributed by atoms with Crippen molar-refractivity contribution < 1.29 is 9.53 Å². The number of nitrogens with zero attached hydrogens (tertiary/aromatic N) is 3. The molecule has 3 aromatic rings. The Kier molecular flexibility index (Phi) is 4.89. The third-order valence-electron chi connectivity index (χ3n) is 3.49. The summed E-state index contributed by atoms with van der Waals surface area (Å²) in [5.74, 6) is 0.135. The number of benzene rings is 1. The van der Waals surface area contributed by atoms with Crippen molar-refractivity contribution in [3.05, 3.63) is 59.7 Å². The Bertz CT molecular complexity index is 863. The van der Waals surface area contributed by atoms with Crippen LogP contribution in [0.4, 0.5) is 17.6 Å². The Morgan fingerprint density at radius 2 is 2.04 bits per heavy atom. The third-order valence-corrected chi connectivity index (χ3v) is 3.49. The highest BCUT2D eigenvalue weighted by Crippen LogP contribution is 2.19. The van der Waals surface area contributed by atoms with E-state index in [1.54, 1.807) is 18.3 Å². The maximum Gasteiger partial charge on any atom is 0.355 e. The van der Waals surface area contributed by atoms with Crippen molar-refractivity contribution in [3.8, 4) is 0 Å². The van der Waals surface area contributed by atoms with Crippen LogP contribution in [0, 0.1) is 0 Å². The summed E-state index contributed by atoms with van der Waals surface area (Å²) in [6.45, 7) is 1.96. The first-order valence-corrected chi connectivity index (χ1v) is 7.81. The number of carbonyl (C=O) groups is 1. The number of nitrogen functional groups attached to an aromatic ring is 1. The van der Waals surface area contributed by atoms with Crippen LogP contribution in [0.3, 0.4) is 0 Å². The number of rotatable bonds is 6. The van der Waals surface area contributed by atoms with E-state index in [1.807, 2.05) is 24.3 Å². The second kappa shape index (κ2) is 7.43. The van der Waals surface area contributed by atoms with E-state index in [2.05, 4.69) is 32.2 Å². The highest BCUT2D eigenvalue weighted by molar-refractivity contribution is 5.87. The summed E-state index contributed by atoms with van der Waals surface area (Å²) in [6.07, 6.45) is 2.51. The van der Waals surface area contributed by atoms with E-state index in [0.29, 0.717) is 11.6 Å². The van der Waals surface area contributed by atoms with Crippen LogP contribution in [0.25, 0.3) is 0 Å². The van der Waals surface area contributed by atoms with Gasteiger partial charge < -0.3 is 20.8 Å². The molecule has 0 atom stereocenters. The average molecular weight is 338 g/mol. The van der Waals surface area contributed by atoms with E-state index in [9.17, 15) is 4.79 Å². The van der Waals surface area contributed by atoms with E-state index < -0.39 is 5.97 Å². The highest BCUT2D eigenvalue weighted by atomic mass is 16.5. The molecule has 2 heterocycles. The second-order valence-electron chi connectivity index (χ2n) is 5.23. The van der Waals surface area contributed by atoms with Crippen LogP contribution in [0.2, 0.25) is 0 Å². The summed E-state index contributed by atoms with van der Waals surface area (Å²) in [6, 6.07) is 11.2. The minimum Gasteiger partial charge on any atom is -0.453 e. The SMILES string of the molecule is CCc1ccccc1Nc1nc(N)nc(COC(=O)c2ccc[nH]2)n1. The highest BCUT2D eigenvalue weighted by Gasteiger charge is 2.11. The number of aryl methyl sites for hydroxylation is 1. The fourth-order valence-electron chi connectivity index (χ4n) is 2.29. The number of nitrogens with two attached hydrogens (primary N) is 1. The molecule has 0 bridgehead atoms. The van der Waals surface area contributed by atoms with Gasteiger partial charge in [0.1, 0.15) is 5.69 Å². The summed E-state index contributed by atoms with van der Waals surface area (Å²) in [5.41, 5.74) is 8.11. The molecular weight excluding hydrogens is 320 g/mol. The molecule has 2 aromatic heterocycles. The van der Waals surface area contributed by atoms with E-state index in [0.717, 1.165) is 17.7 Å². The Morgan fingerprint density at radius 1 is 1.20 bits per heavy atom. The number of hydrogen-bond acceptors (Lipinski definition) is 7. The Hall–Kier alpha value is -3.42. The van der Waals surface area contributed by atoms with Crippen LogP contribution in [0.15, 0.2) is 42.6 Å². The number of aromatic nitrogens is 4. The molecule has 25 heavy (non-hydrogen) atoms. The van der Waals surface area contributed by atoms with E-state index in [-0.39, 0.29) is 18.4 Å². The first-order valence-electron chi connectivity index (χ1n) is 7.81. The van der Waals surface area contributed by atoms with Crippen LogP contribution in [0.1, 0.15) is 28.8 Å². The molecule has 8 nitrogen and oxygen atoms in total. The smallest absolute Gasteiger partial charge is 0.355 e. The molecule has 0 saturated carbocycles. The largest absolute Gasteiger partial charge is 0.453 e. The van der Waals surface area contributed by atoms with Crippen molar-refractivity contribution in [3.63, 3.8) is 0 Å². The number of carbonyl (C=O) groups excluding carboxylic acids is 1. The zero-order valence-corrected chi connectivity index (χ0v) is 13.7.